The first-order valence-electron chi connectivity index (χ1n) is 8.38. The average Bonchev–Trinajstić information content (AvgIpc) is 2.92. The van der Waals surface area contributed by atoms with E-state index in [1.165, 1.54) is 11.9 Å². The summed E-state index contributed by atoms with van der Waals surface area (Å²) in [6.45, 7) is 7.90. The zero-order valence-corrected chi connectivity index (χ0v) is 15.0. The number of aromatic nitrogens is 4. The van der Waals surface area contributed by atoms with Crippen molar-refractivity contribution in [3.8, 4) is 0 Å². The van der Waals surface area contributed by atoms with E-state index in [-0.39, 0.29) is 0 Å². The zero-order chi connectivity index (χ0) is 16.9. The molecule has 0 aromatic carbocycles. The molecule has 3 heterocycles. The first-order valence-corrected chi connectivity index (χ1v) is 8.76. The van der Waals surface area contributed by atoms with E-state index in [1.54, 1.807) is 0 Å². The molecule has 0 radical (unpaired) electrons. The first-order chi connectivity index (χ1) is 11.7. The van der Waals surface area contributed by atoms with Crippen LogP contribution in [0.25, 0.3) is 0 Å². The predicted molar refractivity (Wildman–Crippen MR) is 96.6 cm³/mol. The number of aryl methyl sites for hydroxylation is 1. The number of anilines is 2. The summed E-state index contributed by atoms with van der Waals surface area (Å²) in [5.74, 6) is 0.887. The van der Waals surface area contributed by atoms with Gasteiger partial charge in [-0.2, -0.15) is 5.10 Å². The van der Waals surface area contributed by atoms with Crippen molar-refractivity contribution in [3.63, 3.8) is 0 Å². The molecule has 1 aliphatic heterocycles. The van der Waals surface area contributed by atoms with Gasteiger partial charge in [0.05, 0.1) is 6.20 Å². The lowest BCUT2D eigenvalue weighted by Crippen LogP contribution is -2.31. The number of hydrogen-bond acceptors (Lipinski definition) is 6. The van der Waals surface area contributed by atoms with Gasteiger partial charge in [-0.15, -0.1) is 0 Å². The van der Waals surface area contributed by atoms with Gasteiger partial charge in [0.2, 0.25) is 0 Å². The van der Waals surface area contributed by atoms with Crippen LogP contribution in [0.2, 0.25) is 5.15 Å². The van der Waals surface area contributed by atoms with Gasteiger partial charge < -0.3 is 10.2 Å². The van der Waals surface area contributed by atoms with Crippen LogP contribution in [0.15, 0.2) is 18.7 Å². The second-order valence-corrected chi connectivity index (χ2v) is 6.29. The van der Waals surface area contributed by atoms with Crippen molar-refractivity contribution >= 4 is 23.1 Å². The first kappa shape index (κ1) is 17.0. The molecule has 3 rings (SSSR count). The van der Waals surface area contributed by atoms with Gasteiger partial charge >= 0.3 is 0 Å². The van der Waals surface area contributed by atoms with Gasteiger partial charge in [0.1, 0.15) is 12.0 Å². The fraction of sp³-hybridized carbons (Fsp3) is 0.562. The minimum Gasteiger partial charge on any atom is -0.383 e. The maximum absolute atomic E-state index is 6.18. The van der Waals surface area contributed by atoms with E-state index in [0.29, 0.717) is 5.15 Å². The number of halogens is 1. The summed E-state index contributed by atoms with van der Waals surface area (Å²) in [7, 11) is 1.85. The molecular formula is C16H24ClN7. The van der Waals surface area contributed by atoms with Gasteiger partial charge in [0.15, 0.2) is 11.0 Å². The third kappa shape index (κ3) is 3.79. The van der Waals surface area contributed by atoms with Crippen molar-refractivity contribution in [3.05, 3.63) is 29.4 Å². The smallest absolute Gasteiger partial charge is 0.157 e. The quantitative estimate of drug-likeness (QED) is 0.834. The summed E-state index contributed by atoms with van der Waals surface area (Å²) < 4.78 is 1.97. The Balaban J connectivity index is 1.66. The maximum Gasteiger partial charge on any atom is 0.157 e. The molecule has 1 saturated heterocycles. The molecule has 0 atom stereocenters. The van der Waals surface area contributed by atoms with E-state index in [9.17, 15) is 0 Å². The standard InChI is InChI=1S/C16H24ClN7/c1-3-24-11-13(9-21-24)10-22-5-4-6-23(8-7-22)16-14(18-2)15(17)19-12-20-16/h9,11-12,18H,3-8,10H2,1-2H3. The molecule has 130 valence electrons. The molecule has 8 heteroatoms. The minimum absolute atomic E-state index is 0.468. The summed E-state index contributed by atoms with van der Waals surface area (Å²) in [4.78, 5) is 13.2. The molecule has 1 fully saturated rings. The van der Waals surface area contributed by atoms with Crippen molar-refractivity contribution < 1.29 is 0 Å². The topological polar surface area (TPSA) is 62.1 Å². The van der Waals surface area contributed by atoms with E-state index in [4.69, 9.17) is 11.6 Å². The highest BCUT2D eigenvalue weighted by molar-refractivity contribution is 6.32. The highest BCUT2D eigenvalue weighted by Crippen LogP contribution is 2.29. The molecule has 0 amide bonds. The number of nitrogens with one attached hydrogen (secondary N) is 1. The Hall–Kier alpha value is -1.86. The molecule has 1 aliphatic rings. The summed E-state index contributed by atoms with van der Waals surface area (Å²) in [5.41, 5.74) is 2.07. The van der Waals surface area contributed by atoms with Crippen molar-refractivity contribution in [1.29, 1.82) is 0 Å². The van der Waals surface area contributed by atoms with Gasteiger partial charge in [-0.3, -0.25) is 9.58 Å². The van der Waals surface area contributed by atoms with Gasteiger partial charge in [-0.1, -0.05) is 11.6 Å². The second kappa shape index (κ2) is 7.81. The van der Waals surface area contributed by atoms with Crippen LogP contribution in [-0.2, 0) is 13.1 Å². The summed E-state index contributed by atoms with van der Waals surface area (Å²) in [6, 6.07) is 0. The fourth-order valence-corrected chi connectivity index (χ4v) is 3.29. The van der Waals surface area contributed by atoms with Gasteiger partial charge in [-0.05, 0) is 13.3 Å². The third-order valence-corrected chi connectivity index (χ3v) is 4.62. The van der Waals surface area contributed by atoms with Crippen molar-refractivity contribution in [1.82, 2.24) is 24.6 Å². The Labute approximate surface area is 147 Å². The zero-order valence-electron chi connectivity index (χ0n) is 14.2. The van der Waals surface area contributed by atoms with Gasteiger partial charge in [0.25, 0.3) is 0 Å². The van der Waals surface area contributed by atoms with Crippen LogP contribution in [0.3, 0.4) is 0 Å². The summed E-state index contributed by atoms with van der Waals surface area (Å²) in [6.07, 6.45) is 6.72. The van der Waals surface area contributed by atoms with Crippen molar-refractivity contribution in [2.45, 2.75) is 26.4 Å². The van der Waals surface area contributed by atoms with Gasteiger partial charge in [0, 0.05) is 58.1 Å². The molecule has 0 aliphatic carbocycles. The van der Waals surface area contributed by atoms with Crippen LogP contribution in [0.5, 0.6) is 0 Å². The lowest BCUT2D eigenvalue weighted by atomic mass is 10.3. The fourth-order valence-electron chi connectivity index (χ4n) is 3.07. The van der Waals surface area contributed by atoms with Crippen molar-refractivity contribution in [2.24, 2.45) is 0 Å². The molecular weight excluding hydrogens is 326 g/mol. The molecule has 24 heavy (non-hydrogen) atoms. The predicted octanol–water partition coefficient (Wildman–Crippen LogP) is 2.10. The molecule has 0 unspecified atom stereocenters. The second-order valence-electron chi connectivity index (χ2n) is 5.93. The van der Waals surface area contributed by atoms with E-state index >= 15 is 0 Å². The SMILES string of the molecule is CCn1cc(CN2CCCN(c3ncnc(Cl)c3NC)CC2)cn1. The van der Waals surface area contributed by atoms with Crippen LogP contribution in [0.4, 0.5) is 11.5 Å². The van der Waals surface area contributed by atoms with E-state index in [1.807, 2.05) is 17.9 Å². The van der Waals surface area contributed by atoms with Gasteiger partial charge in [-0.25, -0.2) is 9.97 Å². The van der Waals surface area contributed by atoms with Crippen LogP contribution in [-0.4, -0.2) is 57.9 Å². The van der Waals surface area contributed by atoms with E-state index in [2.05, 4.69) is 43.3 Å². The minimum atomic E-state index is 0.468. The normalized spacial score (nSPS) is 16.2. The highest BCUT2D eigenvalue weighted by atomic mass is 35.5. The number of hydrogen-bond donors (Lipinski definition) is 1. The van der Waals surface area contributed by atoms with E-state index < -0.39 is 0 Å². The van der Waals surface area contributed by atoms with Crippen LogP contribution >= 0.6 is 11.6 Å². The average molecular weight is 350 g/mol. The van der Waals surface area contributed by atoms with Crippen LogP contribution in [0, 0.1) is 0 Å². The lowest BCUT2D eigenvalue weighted by Gasteiger charge is -2.24. The van der Waals surface area contributed by atoms with Crippen molar-refractivity contribution in [2.75, 3.05) is 43.4 Å². The maximum atomic E-state index is 6.18. The molecule has 2 aromatic heterocycles. The molecule has 7 nitrogen and oxygen atoms in total. The monoisotopic (exact) mass is 349 g/mol. The number of rotatable bonds is 5. The van der Waals surface area contributed by atoms with Crippen LogP contribution in [0.1, 0.15) is 18.9 Å². The number of nitrogens with zero attached hydrogens (tertiary/aromatic N) is 6. The molecule has 0 spiro atoms. The Morgan fingerprint density at radius 1 is 1.21 bits per heavy atom. The molecule has 0 bridgehead atoms. The molecule has 2 aromatic rings. The summed E-state index contributed by atoms with van der Waals surface area (Å²) >= 11 is 6.18. The molecule has 0 saturated carbocycles. The van der Waals surface area contributed by atoms with Crippen LogP contribution < -0.4 is 10.2 Å². The lowest BCUT2D eigenvalue weighted by molar-refractivity contribution is 0.285. The Kier molecular flexibility index (Phi) is 5.52. The Morgan fingerprint density at radius 3 is 2.83 bits per heavy atom. The highest BCUT2D eigenvalue weighted by Gasteiger charge is 2.20. The summed E-state index contributed by atoms with van der Waals surface area (Å²) in [5, 5.41) is 7.94. The third-order valence-electron chi connectivity index (χ3n) is 4.34. The Bertz CT molecular complexity index is 672. The largest absolute Gasteiger partial charge is 0.383 e. The molecule has 1 N–H and O–H groups in total. The van der Waals surface area contributed by atoms with E-state index in [0.717, 1.165) is 57.2 Å². The Morgan fingerprint density at radius 2 is 2.08 bits per heavy atom.